The van der Waals surface area contributed by atoms with Crippen LogP contribution in [0.2, 0.25) is 0 Å². The van der Waals surface area contributed by atoms with Crippen molar-refractivity contribution < 1.29 is 4.74 Å². The van der Waals surface area contributed by atoms with Gasteiger partial charge >= 0.3 is 0 Å². The fourth-order valence-electron chi connectivity index (χ4n) is 3.73. The molecule has 1 heterocycles. The van der Waals surface area contributed by atoms with Crippen LogP contribution in [0.5, 0.6) is 0 Å². The molecule has 2 aliphatic carbocycles. The zero-order chi connectivity index (χ0) is 13.3. The summed E-state index contributed by atoms with van der Waals surface area (Å²) in [7, 11) is 1.82. The van der Waals surface area contributed by atoms with Gasteiger partial charge in [0, 0.05) is 46.4 Å². The molecule has 0 aromatic rings. The van der Waals surface area contributed by atoms with Crippen molar-refractivity contribution in [2.24, 2.45) is 17.6 Å². The van der Waals surface area contributed by atoms with Crippen LogP contribution in [-0.2, 0) is 4.74 Å². The summed E-state index contributed by atoms with van der Waals surface area (Å²) in [6.07, 6.45) is 5.59. The first-order chi connectivity index (χ1) is 9.28. The third-order valence-corrected chi connectivity index (χ3v) is 5.30. The van der Waals surface area contributed by atoms with E-state index in [-0.39, 0.29) is 5.54 Å². The van der Waals surface area contributed by atoms with Crippen LogP contribution in [0.3, 0.4) is 0 Å². The molecule has 0 aromatic carbocycles. The summed E-state index contributed by atoms with van der Waals surface area (Å²) in [5.74, 6) is 1.78. The summed E-state index contributed by atoms with van der Waals surface area (Å²) < 4.78 is 5.52. The second-order valence-electron chi connectivity index (χ2n) is 6.75. The topological polar surface area (TPSA) is 41.7 Å². The van der Waals surface area contributed by atoms with E-state index in [1.165, 1.54) is 58.4 Å². The van der Waals surface area contributed by atoms with E-state index in [1.807, 2.05) is 7.11 Å². The van der Waals surface area contributed by atoms with Gasteiger partial charge in [0.25, 0.3) is 0 Å². The molecule has 110 valence electrons. The van der Waals surface area contributed by atoms with Crippen LogP contribution in [0.25, 0.3) is 0 Å². The van der Waals surface area contributed by atoms with Crippen molar-refractivity contribution in [3.05, 3.63) is 0 Å². The van der Waals surface area contributed by atoms with Crippen molar-refractivity contribution in [3.63, 3.8) is 0 Å². The minimum Gasteiger partial charge on any atom is -0.383 e. The van der Waals surface area contributed by atoms with Crippen molar-refractivity contribution in [3.8, 4) is 0 Å². The average molecular weight is 267 g/mol. The van der Waals surface area contributed by atoms with Crippen LogP contribution in [-0.4, -0.2) is 68.3 Å². The lowest BCUT2D eigenvalue weighted by Crippen LogP contribution is -2.63. The van der Waals surface area contributed by atoms with E-state index >= 15 is 0 Å². The maximum Gasteiger partial charge on any atom is 0.0661 e. The first-order valence-electron chi connectivity index (χ1n) is 7.95. The summed E-state index contributed by atoms with van der Waals surface area (Å²) in [5.41, 5.74) is 6.28. The lowest BCUT2D eigenvalue weighted by atomic mass is 9.91. The van der Waals surface area contributed by atoms with E-state index in [1.54, 1.807) is 0 Å². The molecule has 19 heavy (non-hydrogen) atoms. The van der Waals surface area contributed by atoms with Gasteiger partial charge in [0.1, 0.15) is 0 Å². The Morgan fingerprint density at radius 1 is 1.11 bits per heavy atom. The highest BCUT2D eigenvalue weighted by molar-refractivity contribution is 5.04. The normalized spacial score (nSPS) is 29.4. The molecular formula is C15H29N3O. The molecule has 0 aromatic heterocycles. The molecule has 0 bridgehead atoms. The number of rotatable bonds is 7. The van der Waals surface area contributed by atoms with Crippen LogP contribution in [0.4, 0.5) is 0 Å². The predicted octanol–water partition coefficient (Wildman–Crippen LogP) is 0.768. The zero-order valence-corrected chi connectivity index (χ0v) is 12.3. The molecule has 3 rings (SSSR count). The molecule has 3 fully saturated rings. The maximum atomic E-state index is 6.16. The fraction of sp³-hybridized carbons (Fsp3) is 1.00. The molecule has 0 radical (unpaired) electrons. The summed E-state index contributed by atoms with van der Waals surface area (Å²) in [4.78, 5) is 5.28. The van der Waals surface area contributed by atoms with Crippen molar-refractivity contribution in [2.45, 2.75) is 31.2 Å². The lowest BCUT2D eigenvalue weighted by Gasteiger charge is -2.47. The van der Waals surface area contributed by atoms with Gasteiger partial charge in [-0.2, -0.15) is 0 Å². The van der Waals surface area contributed by atoms with Crippen molar-refractivity contribution in [2.75, 3.05) is 53.0 Å². The third kappa shape index (κ3) is 2.97. The van der Waals surface area contributed by atoms with Gasteiger partial charge in [0.2, 0.25) is 0 Å². The molecule has 1 aliphatic heterocycles. The number of ether oxygens (including phenoxy) is 1. The average Bonchev–Trinajstić information content (AvgIpc) is 3.29. The Labute approximate surface area is 117 Å². The van der Waals surface area contributed by atoms with E-state index in [0.29, 0.717) is 0 Å². The van der Waals surface area contributed by atoms with Crippen LogP contribution >= 0.6 is 0 Å². The minimum absolute atomic E-state index is 0.125. The van der Waals surface area contributed by atoms with Gasteiger partial charge in [0.05, 0.1) is 12.1 Å². The van der Waals surface area contributed by atoms with Gasteiger partial charge in [-0.1, -0.05) is 0 Å². The van der Waals surface area contributed by atoms with Gasteiger partial charge < -0.3 is 15.4 Å². The van der Waals surface area contributed by atoms with Crippen molar-refractivity contribution >= 4 is 0 Å². The van der Waals surface area contributed by atoms with E-state index in [9.17, 15) is 0 Å². The molecule has 1 atom stereocenters. The molecule has 4 heteroatoms. The molecular weight excluding hydrogens is 238 g/mol. The number of piperazine rings is 1. The second kappa shape index (κ2) is 5.68. The molecule has 2 N–H and O–H groups in total. The molecule has 2 saturated carbocycles. The predicted molar refractivity (Wildman–Crippen MR) is 77.1 cm³/mol. The minimum atomic E-state index is 0.125. The highest BCUT2D eigenvalue weighted by Gasteiger charge is 2.49. The largest absolute Gasteiger partial charge is 0.383 e. The van der Waals surface area contributed by atoms with E-state index < -0.39 is 0 Å². The molecule has 0 spiro atoms. The Kier molecular flexibility index (Phi) is 4.13. The standard InChI is InChI=1S/C15H29N3O/c1-19-12-15(11-16,14-4-5-14)18-8-6-17(7-9-18)10-13-2-3-13/h13-14H,2-12,16H2,1H3. The fourth-order valence-corrected chi connectivity index (χ4v) is 3.73. The smallest absolute Gasteiger partial charge is 0.0661 e. The number of nitrogens with two attached hydrogens (primary N) is 1. The quantitative estimate of drug-likeness (QED) is 0.740. The van der Waals surface area contributed by atoms with Crippen LogP contribution in [0.1, 0.15) is 25.7 Å². The number of nitrogens with zero attached hydrogens (tertiary/aromatic N) is 2. The van der Waals surface area contributed by atoms with Gasteiger partial charge in [0.15, 0.2) is 0 Å². The first-order valence-corrected chi connectivity index (χ1v) is 7.95. The van der Waals surface area contributed by atoms with E-state index in [4.69, 9.17) is 10.5 Å². The highest BCUT2D eigenvalue weighted by Crippen LogP contribution is 2.43. The SMILES string of the molecule is COCC(CN)(C1CC1)N1CCN(CC2CC2)CC1. The Balaban J connectivity index is 1.57. The molecule has 0 amide bonds. The zero-order valence-electron chi connectivity index (χ0n) is 12.3. The Morgan fingerprint density at radius 3 is 2.26 bits per heavy atom. The Hall–Kier alpha value is -0.160. The van der Waals surface area contributed by atoms with Crippen LogP contribution in [0, 0.1) is 11.8 Å². The number of hydrogen-bond acceptors (Lipinski definition) is 4. The van der Waals surface area contributed by atoms with Crippen molar-refractivity contribution in [1.29, 1.82) is 0 Å². The van der Waals surface area contributed by atoms with Crippen LogP contribution in [0.15, 0.2) is 0 Å². The summed E-state index contributed by atoms with van der Waals surface area (Å²) >= 11 is 0. The molecule has 4 nitrogen and oxygen atoms in total. The van der Waals surface area contributed by atoms with Gasteiger partial charge in [-0.15, -0.1) is 0 Å². The van der Waals surface area contributed by atoms with Gasteiger partial charge in [-0.25, -0.2) is 0 Å². The van der Waals surface area contributed by atoms with Gasteiger partial charge in [-0.05, 0) is 37.5 Å². The highest BCUT2D eigenvalue weighted by atomic mass is 16.5. The Morgan fingerprint density at radius 2 is 1.79 bits per heavy atom. The van der Waals surface area contributed by atoms with E-state index in [0.717, 1.165) is 25.0 Å². The maximum absolute atomic E-state index is 6.16. The lowest BCUT2D eigenvalue weighted by molar-refractivity contribution is -0.0272. The van der Waals surface area contributed by atoms with E-state index in [2.05, 4.69) is 9.80 Å². The molecule has 1 saturated heterocycles. The third-order valence-electron chi connectivity index (χ3n) is 5.30. The van der Waals surface area contributed by atoms with Gasteiger partial charge in [-0.3, -0.25) is 4.90 Å². The first kappa shape index (κ1) is 13.8. The summed E-state index contributed by atoms with van der Waals surface area (Å²) in [5, 5.41) is 0. The summed E-state index contributed by atoms with van der Waals surface area (Å²) in [6, 6.07) is 0. The summed E-state index contributed by atoms with van der Waals surface area (Å²) in [6.45, 7) is 7.65. The monoisotopic (exact) mass is 267 g/mol. The van der Waals surface area contributed by atoms with Crippen molar-refractivity contribution in [1.82, 2.24) is 9.80 Å². The second-order valence-corrected chi connectivity index (χ2v) is 6.75. The Bertz CT molecular complexity index is 296. The molecule has 1 unspecified atom stereocenters. The van der Waals surface area contributed by atoms with Crippen LogP contribution < -0.4 is 5.73 Å². The number of hydrogen-bond donors (Lipinski definition) is 1. The molecule has 3 aliphatic rings. The number of methoxy groups -OCH3 is 1.